The topological polar surface area (TPSA) is 51.6 Å². The van der Waals surface area contributed by atoms with E-state index in [0.717, 1.165) is 35.9 Å². The molecule has 1 N–H and O–H groups in total. The highest BCUT2D eigenvalue weighted by molar-refractivity contribution is 5.48. The quantitative estimate of drug-likeness (QED) is 0.713. The van der Waals surface area contributed by atoms with Gasteiger partial charge >= 0.3 is 0 Å². The summed E-state index contributed by atoms with van der Waals surface area (Å²) in [4.78, 5) is 2.10. The van der Waals surface area contributed by atoms with Crippen LogP contribution in [0.4, 0.5) is 5.82 Å². The fraction of sp³-hybridized carbons (Fsp3) is 0.500. The predicted octanol–water partition coefficient (Wildman–Crippen LogP) is 2.11. The van der Waals surface area contributed by atoms with E-state index in [1.54, 1.807) is 7.11 Å². The van der Waals surface area contributed by atoms with Gasteiger partial charge in [0.25, 0.3) is 0 Å². The smallest absolute Gasteiger partial charge is 0.130 e. The van der Waals surface area contributed by atoms with Crippen LogP contribution in [0.5, 0.6) is 5.75 Å². The van der Waals surface area contributed by atoms with E-state index in [4.69, 9.17) is 9.47 Å². The minimum Gasteiger partial charge on any atom is -0.491 e. The summed E-state index contributed by atoms with van der Waals surface area (Å²) in [6.45, 7) is 4.69. The fourth-order valence-electron chi connectivity index (χ4n) is 2.80. The third-order valence-electron chi connectivity index (χ3n) is 3.87. The van der Waals surface area contributed by atoms with E-state index in [1.807, 2.05) is 50.9 Å². The maximum atomic E-state index is 5.78. The van der Waals surface area contributed by atoms with Crippen LogP contribution in [0.15, 0.2) is 24.3 Å². The molecule has 0 unspecified atom stereocenters. The van der Waals surface area contributed by atoms with Crippen molar-refractivity contribution < 1.29 is 9.47 Å². The van der Waals surface area contributed by atoms with E-state index < -0.39 is 0 Å². The zero-order valence-corrected chi connectivity index (χ0v) is 15.3. The lowest BCUT2D eigenvalue weighted by Crippen LogP contribution is -2.19. The van der Waals surface area contributed by atoms with Crippen molar-refractivity contribution in [1.29, 1.82) is 0 Å². The van der Waals surface area contributed by atoms with E-state index in [1.165, 1.54) is 5.56 Å². The number of anilines is 1. The molecular formula is C18H28N4O2. The summed E-state index contributed by atoms with van der Waals surface area (Å²) in [6, 6.07) is 8.09. The third-order valence-corrected chi connectivity index (χ3v) is 3.87. The summed E-state index contributed by atoms with van der Waals surface area (Å²) >= 11 is 0. The Morgan fingerprint density at radius 1 is 1.17 bits per heavy atom. The molecule has 1 heterocycles. The van der Waals surface area contributed by atoms with E-state index in [2.05, 4.69) is 21.4 Å². The van der Waals surface area contributed by atoms with E-state index >= 15 is 0 Å². The number of aryl methyl sites for hydroxylation is 2. The van der Waals surface area contributed by atoms with Crippen molar-refractivity contribution in [3.63, 3.8) is 0 Å². The first kappa shape index (κ1) is 18.3. The summed E-state index contributed by atoms with van der Waals surface area (Å²) in [6.07, 6.45) is 0. The summed E-state index contributed by atoms with van der Waals surface area (Å²) in [7, 11) is 7.73. The molecule has 2 aromatic rings. The summed E-state index contributed by atoms with van der Waals surface area (Å²) in [5, 5.41) is 8.03. The van der Waals surface area contributed by atoms with Crippen molar-refractivity contribution in [2.75, 3.05) is 39.3 Å². The summed E-state index contributed by atoms with van der Waals surface area (Å²) < 4.78 is 12.7. The number of ether oxygens (including phenoxy) is 2. The van der Waals surface area contributed by atoms with Crippen LogP contribution in [0.3, 0.4) is 0 Å². The number of aromatic nitrogens is 2. The van der Waals surface area contributed by atoms with Gasteiger partial charge in [0.15, 0.2) is 0 Å². The molecule has 24 heavy (non-hydrogen) atoms. The zero-order chi connectivity index (χ0) is 17.5. The Balaban J connectivity index is 2.00. The third kappa shape index (κ3) is 4.49. The largest absolute Gasteiger partial charge is 0.491 e. The van der Waals surface area contributed by atoms with Gasteiger partial charge in [-0.25, -0.2) is 0 Å². The maximum Gasteiger partial charge on any atom is 0.130 e. The van der Waals surface area contributed by atoms with Crippen LogP contribution in [-0.2, 0) is 24.9 Å². The molecule has 0 spiro atoms. The first-order valence-electron chi connectivity index (χ1n) is 8.14. The van der Waals surface area contributed by atoms with Gasteiger partial charge in [0, 0.05) is 52.5 Å². The molecule has 6 nitrogen and oxygen atoms in total. The van der Waals surface area contributed by atoms with Gasteiger partial charge in [-0.3, -0.25) is 4.68 Å². The highest BCUT2D eigenvalue weighted by Crippen LogP contribution is 2.22. The minimum atomic E-state index is 0.556. The van der Waals surface area contributed by atoms with Gasteiger partial charge in [-0.2, -0.15) is 5.10 Å². The van der Waals surface area contributed by atoms with Crippen LogP contribution < -0.4 is 15.0 Å². The van der Waals surface area contributed by atoms with Crippen molar-refractivity contribution >= 4 is 5.82 Å². The molecule has 0 aliphatic heterocycles. The SMILES string of the molecule is COCCOc1ccccc1CNCc1c(C)nn(C)c1N(C)C. The highest BCUT2D eigenvalue weighted by atomic mass is 16.5. The Morgan fingerprint density at radius 2 is 1.92 bits per heavy atom. The van der Waals surface area contributed by atoms with E-state index in [0.29, 0.717) is 13.2 Å². The second-order valence-corrected chi connectivity index (χ2v) is 5.96. The number of nitrogens with one attached hydrogen (secondary N) is 1. The van der Waals surface area contributed by atoms with Crippen LogP contribution in [0, 0.1) is 6.92 Å². The van der Waals surface area contributed by atoms with Crippen LogP contribution in [0.25, 0.3) is 0 Å². The molecule has 2 rings (SSSR count). The number of methoxy groups -OCH3 is 1. The molecule has 6 heteroatoms. The molecule has 0 aliphatic rings. The van der Waals surface area contributed by atoms with Crippen LogP contribution in [0.2, 0.25) is 0 Å². The number of benzene rings is 1. The lowest BCUT2D eigenvalue weighted by Gasteiger charge is -2.16. The summed E-state index contributed by atoms with van der Waals surface area (Å²) in [5.74, 6) is 2.03. The lowest BCUT2D eigenvalue weighted by molar-refractivity contribution is 0.145. The average Bonchev–Trinajstić information content (AvgIpc) is 2.83. The zero-order valence-electron chi connectivity index (χ0n) is 15.3. The Hall–Kier alpha value is -2.05. The summed E-state index contributed by atoms with van der Waals surface area (Å²) in [5.41, 5.74) is 3.42. The Kier molecular flexibility index (Phi) is 6.63. The lowest BCUT2D eigenvalue weighted by atomic mass is 10.2. The Labute approximate surface area is 144 Å². The molecule has 0 amide bonds. The number of rotatable bonds is 9. The molecular weight excluding hydrogens is 304 g/mol. The molecule has 0 atom stereocenters. The van der Waals surface area contributed by atoms with Gasteiger partial charge in [0.2, 0.25) is 0 Å². The monoisotopic (exact) mass is 332 g/mol. The van der Waals surface area contributed by atoms with Gasteiger partial charge in [-0.15, -0.1) is 0 Å². The van der Waals surface area contributed by atoms with E-state index in [-0.39, 0.29) is 0 Å². The first-order chi connectivity index (χ1) is 11.5. The molecule has 0 aliphatic carbocycles. The molecule has 0 saturated heterocycles. The van der Waals surface area contributed by atoms with Crippen molar-refractivity contribution in [2.24, 2.45) is 7.05 Å². The fourth-order valence-corrected chi connectivity index (χ4v) is 2.80. The number of hydrogen-bond donors (Lipinski definition) is 1. The predicted molar refractivity (Wildman–Crippen MR) is 96.6 cm³/mol. The van der Waals surface area contributed by atoms with Gasteiger partial charge in [0.1, 0.15) is 18.2 Å². The van der Waals surface area contributed by atoms with Crippen LogP contribution in [0.1, 0.15) is 16.8 Å². The molecule has 0 saturated carbocycles. The standard InChI is InChI=1S/C18H28N4O2/c1-14-16(18(21(2)3)22(4)20-14)13-19-12-15-8-6-7-9-17(15)24-11-10-23-5/h6-9,19H,10-13H2,1-5H3. The maximum absolute atomic E-state index is 5.78. The number of para-hydroxylation sites is 1. The van der Waals surface area contributed by atoms with Gasteiger partial charge in [0.05, 0.1) is 12.3 Å². The second kappa shape index (κ2) is 8.70. The van der Waals surface area contributed by atoms with Gasteiger partial charge in [-0.05, 0) is 13.0 Å². The van der Waals surface area contributed by atoms with Crippen LogP contribution >= 0.6 is 0 Å². The number of nitrogens with zero attached hydrogens (tertiary/aromatic N) is 3. The van der Waals surface area contributed by atoms with E-state index in [9.17, 15) is 0 Å². The molecule has 0 fully saturated rings. The van der Waals surface area contributed by atoms with Crippen molar-refractivity contribution in [3.8, 4) is 5.75 Å². The Morgan fingerprint density at radius 3 is 2.62 bits per heavy atom. The first-order valence-corrected chi connectivity index (χ1v) is 8.14. The van der Waals surface area contributed by atoms with Gasteiger partial charge < -0.3 is 19.7 Å². The molecule has 1 aromatic carbocycles. The van der Waals surface area contributed by atoms with Crippen molar-refractivity contribution in [3.05, 3.63) is 41.1 Å². The normalized spacial score (nSPS) is 10.9. The molecule has 132 valence electrons. The number of hydrogen-bond acceptors (Lipinski definition) is 5. The highest BCUT2D eigenvalue weighted by Gasteiger charge is 2.14. The molecule has 1 aromatic heterocycles. The Bertz CT molecular complexity index is 652. The van der Waals surface area contributed by atoms with Crippen molar-refractivity contribution in [1.82, 2.24) is 15.1 Å². The second-order valence-electron chi connectivity index (χ2n) is 5.96. The van der Waals surface area contributed by atoms with Crippen molar-refractivity contribution in [2.45, 2.75) is 20.0 Å². The minimum absolute atomic E-state index is 0.556. The van der Waals surface area contributed by atoms with Gasteiger partial charge in [-0.1, -0.05) is 18.2 Å². The molecule has 0 radical (unpaired) electrons. The average molecular weight is 332 g/mol. The van der Waals surface area contributed by atoms with Crippen LogP contribution in [-0.4, -0.2) is 44.2 Å². The molecule has 0 bridgehead atoms.